The summed E-state index contributed by atoms with van der Waals surface area (Å²) in [6, 6.07) is 12.7. The Hall–Kier alpha value is -2.60. The second-order valence-corrected chi connectivity index (χ2v) is 8.26. The molecule has 1 fully saturated rings. The summed E-state index contributed by atoms with van der Waals surface area (Å²) in [5.41, 5.74) is 1.69. The highest BCUT2D eigenvalue weighted by molar-refractivity contribution is 5.73. The largest absolute Gasteiger partial charge is 0.497 e. The number of piperidine rings is 1. The van der Waals surface area contributed by atoms with Gasteiger partial charge in [0.05, 0.1) is 13.7 Å². The van der Waals surface area contributed by atoms with Crippen LogP contribution in [0, 0.1) is 11.7 Å². The van der Waals surface area contributed by atoms with E-state index in [9.17, 15) is 9.18 Å². The summed E-state index contributed by atoms with van der Waals surface area (Å²) in [4.78, 5) is 16.4. The Balaban J connectivity index is 1.52. The van der Waals surface area contributed by atoms with Gasteiger partial charge in [0.25, 0.3) is 0 Å². The molecular weight excluding hydrogens is 383 g/mol. The van der Waals surface area contributed by atoms with Gasteiger partial charge in [0, 0.05) is 43.6 Å². The third-order valence-corrected chi connectivity index (χ3v) is 6.17. The Kier molecular flexibility index (Phi) is 6.23. The Morgan fingerprint density at radius 2 is 2.07 bits per heavy atom. The van der Waals surface area contributed by atoms with Crippen LogP contribution in [0.25, 0.3) is 0 Å². The van der Waals surface area contributed by atoms with Crippen molar-refractivity contribution in [3.63, 3.8) is 0 Å². The summed E-state index contributed by atoms with van der Waals surface area (Å²) in [6.45, 7) is 5.06. The summed E-state index contributed by atoms with van der Waals surface area (Å²) in [7, 11) is 1.64. The standard InChI is InChI=1S/C24H29FN2O3/c1-17(28)27-15-20-12-21(29-2)9-10-23(20)30-24(16-27)19-7-5-11-26(14-19)13-18-6-3-4-8-22(18)25/h3-4,6,8-10,12,19,24H,5,7,11,13-16H2,1-2H3/t19-,24-/m1/s1. The maximum atomic E-state index is 14.1. The minimum Gasteiger partial charge on any atom is -0.497 e. The van der Waals surface area contributed by atoms with Crippen LogP contribution in [-0.4, -0.2) is 48.6 Å². The molecule has 2 aromatic rings. The highest BCUT2D eigenvalue weighted by atomic mass is 19.1. The highest BCUT2D eigenvalue weighted by Crippen LogP contribution is 2.33. The SMILES string of the molecule is COc1ccc2c(c1)CN(C(C)=O)C[C@H]([C@@H]1CCCN(Cc3ccccc3F)C1)O2. The predicted molar refractivity (Wildman–Crippen MR) is 113 cm³/mol. The van der Waals surface area contributed by atoms with E-state index in [-0.39, 0.29) is 23.7 Å². The lowest BCUT2D eigenvalue weighted by atomic mass is 9.91. The number of carbonyl (C=O) groups excluding carboxylic acids is 1. The van der Waals surface area contributed by atoms with Crippen LogP contribution in [0.3, 0.4) is 0 Å². The minimum atomic E-state index is -0.157. The van der Waals surface area contributed by atoms with Crippen LogP contribution in [0.5, 0.6) is 11.5 Å². The number of hydrogen-bond donors (Lipinski definition) is 0. The second kappa shape index (κ2) is 9.04. The van der Waals surface area contributed by atoms with Crippen molar-refractivity contribution in [2.24, 2.45) is 5.92 Å². The average molecular weight is 413 g/mol. The Morgan fingerprint density at radius 3 is 2.83 bits per heavy atom. The number of hydrogen-bond acceptors (Lipinski definition) is 4. The molecule has 2 atom stereocenters. The molecule has 0 aromatic heterocycles. The molecule has 30 heavy (non-hydrogen) atoms. The van der Waals surface area contributed by atoms with Crippen molar-refractivity contribution in [3.8, 4) is 11.5 Å². The van der Waals surface area contributed by atoms with Gasteiger partial charge in [-0.3, -0.25) is 9.69 Å². The summed E-state index contributed by atoms with van der Waals surface area (Å²) in [6.07, 6.45) is 1.98. The normalized spacial score (nSPS) is 22.0. The van der Waals surface area contributed by atoms with E-state index in [2.05, 4.69) is 4.90 Å². The maximum absolute atomic E-state index is 14.1. The molecule has 6 heteroatoms. The van der Waals surface area contributed by atoms with Gasteiger partial charge >= 0.3 is 0 Å². The number of nitrogens with zero attached hydrogens (tertiary/aromatic N) is 2. The lowest BCUT2D eigenvalue weighted by Gasteiger charge is -2.37. The molecule has 2 heterocycles. The number of benzene rings is 2. The summed E-state index contributed by atoms with van der Waals surface area (Å²) >= 11 is 0. The number of ether oxygens (including phenoxy) is 2. The summed E-state index contributed by atoms with van der Waals surface area (Å²) < 4.78 is 25.9. The molecule has 5 nitrogen and oxygen atoms in total. The zero-order valence-corrected chi connectivity index (χ0v) is 17.6. The molecule has 0 radical (unpaired) electrons. The van der Waals surface area contributed by atoms with Crippen LogP contribution in [0.15, 0.2) is 42.5 Å². The van der Waals surface area contributed by atoms with E-state index in [1.54, 1.807) is 20.1 Å². The maximum Gasteiger partial charge on any atom is 0.219 e. The number of halogens is 1. The molecule has 2 aliphatic heterocycles. The van der Waals surface area contributed by atoms with Crippen molar-refractivity contribution >= 4 is 5.91 Å². The molecule has 160 valence electrons. The zero-order chi connectivity index (χ0) is 21.1. The number of likely N-dealkylation sites (tertiary alicyclic amines) is 1. The van der Waals surface area contributed by atoms with Crippen LogP contribution >= 0.6 is 0 Å². The Labute approximate surface area is 177 Å². The van der Waals surface area contributed by atoms with E-state index < -0.39 is 0 Å². The smallest absolute Gasteiger partial charge is 0.219 e. The lowest BCUT2D eigenvalue weighted by Crippen LogP contribution is -2.46. The summed E-state index contributed by atoms with van der Waals surface area (Å²) in [5, 5.41) is 0. The lowest BCUT2D eigenvalue weighted by molar-refractivity contribution is -0.130. The van der Waals surface area contributed by atoms with E-state index in [4.69, 9.17) is 9.47 Å². The van der Waals surface area contributed by atoms with Crippen LogP contribution in [0.2, 0.25) is 0 Å². The van der Waals surface area contributed by atoms with E-state index in [1.807, 2.05) is 35.2 Å². The van der Waals surface area contributed by atoms with Gasteiger partial charge in [0.15, 0.2) is 0 Å². The van der Waals surface area contributed by atoms with E-state index in [0.29, 0.717) is 19.6 Å². The van der Waals surface area contributed by atoms with Crippen molar-refractivity contribution in [2.75, 3.05) is 26.7 Å². The fourth-order valence-electron chi connectivity index (χ4n) is 4.50. The minimum absolute atomic E-state index is 0.0401. The molecule has 1 saturated heterocycles. The van der Waals surface area contributed by atoms with Gasteiger partial charge in [-0.1, -0.05) is 18.2 Å². The molecule has 0 bridgehead atoms. The molecule has 1 amide bonds. The van der Waals surface area contributed by atoms with Gasteiger partial charge in [0.1, 0.15) is 23.4 Å². The number of methoxy groups -OCH3 is 1. The van der Waals surface area contributed by atoms with Crippen LogP contribution < -0.4 is 9.47 Å². The van der Waals surface area contributed by atoms with Gasteiger partial charge in [-0.2, -0.15) is 0 Å². The van der Waals surface area contributed by atoms with Gasteiger partial charge < -0.3 is 14.4 Å². The Morgan fingerprint density at radius 1 is 1.23 bits per heavy atom. The highest BCUT2D eigenvalue weighted by Gasteiger charge is 2.33. The second-order valence-electron chi connectivity index (χ2n) is 8.26. The monoisotopic (exact) mass is 412 g/mol. The quantitative estimate of drug-likeness (QED) is 0.765. The molecule has 0 unspecified atom stereocenters. The van der Waals surface area contributed by atoms with E-state index in [0.717, 1.165) is 48.6 Å². The van der Waals surface area contributed by atoms with Crippen molar-refractivity contribution in [3.05, 3.63) is 59.4 Å². The van der Waals surface area contributed by atoms with Gasteiger partial charge in [-0.15, -0.1) is 0 Å². The first-order chi connectivity index (χ1) is 14.5. The Bertz CT molecular complexity index is 904. The van der Waals surface area contributed by atoms with Crippen LogP contribution in [0.4, 0.5) is 4.39 Å². The number of carbonyl (C=O) groups is 1. The molecule has 4 rings (SSSR count). The van der Waals surface area contributed by atoms with Crippen molar-refractivity contribution < 1.29 is 18.7 Å². The van der Waals surface area contributed by atoms with Gasteiger partial charge in [0.2, 0.25) is 5.91 Å². The average Bonchev–Trinajstić information content (AvgIpc) is 2.95. The van der Waals surface area contributed by atoms with E-state index >= 15 is 0 Å². The van der Waals surface area contributed by atoms with Crippen molar-refractivity contribution in [1.82, 2.24) is 9.80 Å². The molecule has 2 aromatic carbocycles. The molecule has 0 N–H and O–H groups in total. The third kappa shape index (κ3) is 4.59. The number of fused-ring (bicyclic) bond motifs is 1. The first-order valence-corrected chi connectivity index (χ1v) is 10.6. The fraction of sp³-hybridized carbons (Fsp3) is 0.458. The summed E-state index contributed by atoms with van der Waals surface area (Å²) in [5.74, 6) is 1.73. The molecule has 2 aliphatic rings. The molecule has 0 spiro atoms. The van der Waals surface area contributed by atoms with E-state index in [1.165, 1.54) is 6.07 Å². The van der Waals surface area contributed by atoms with Gasteiger partial charge in [-0.25, -0.2) is 4.39 Å². The predicted octanol–water partition coefficient (Wildman–Crippen LogP) is 3.86. The van der Waals surface area contributed by atoms with Gasteiger partial charge in [-0.05, 0) is 43.7 Å². The first kappa shape index (κ1) is 20.7. The molecule has 0 saturated carbocycles. The molecule has 0 aliphatic carbocycles. The fourth-order valence-corrected chi connectivity index (χ4v) is 4.50. The van der Waals surface area contributed by atoms with Crippen LogP contribution in [0.1, 0.15) is 30.9 Å². The first-order valence-electron chi connectivity index (χ1n) is 10.6. The third-order valence-electron chi connectivity index (χ3n) is 6.17. The number of amides is 1. The zero-order valence-electron chi connectivity index (χ0n) is 17.6. The topological polar surface area (TPSA) is 42.0 Å². The van der Waals surface area contributed by atoms with Crippen molar-refractivity contribution in [2.45, 2.75) is 39.0 Å². The molecular formula is C24H29FN2O3. The number of rotatable bonds is 4. The van der Waals surface area contributed by atoms with Crippen molar-refractivity contribution in [1.29, 1.82) is 0 Å². The van der Waals surface area contributed by atoms with Crippen LogP contribution in [-0.2, 0) is 17.9 Å².